The smallest absolute Gasteiger partial charge is 0.107 e. The Morgan fingerprint density at radius 2 is 2.13 bits per heavy atom. The van der Waals surface area contributed by atoms with E-state index in [1.165, 1.54) is 19.3 Å². The number of hydrogen-bond donors (Lipinski definition) is 0. The highest BCUT2D eigenvalue weighted by molar-refractivity contribution is 4.84. The third-order valence-corrected chi connectivity index (χ3v) is 3.68. The quantitative estimate of drug-likeness (QED) is 0.508. The minimum absolute atomic E-state index is 0.468. The zero-order valence-corrected chi connectivity index (χ0v) is 10.3. The maximum absolute atomic E-state index is 5.51. The maximum atomic E-state index is 5.51. The predicted octanol–water partition coefficient (Wildman–Crippen LogP) is 3.34. The molecule has 1 aliphatic rings. The molecule has 0 unspecified atom stereocenters. The molecule has 0 saturated heterocycles. The Balaban J connectivity index is 2.43. The molecule has 15 heavy (non-hydrogen) atoms. The van der Waals surface area contributed by atoms with Crippen LogP contribution in [0.2, 0.25) is 0 Å². The van der Waals surface area contributed by atoms with Crippen molar-refractivity contribution in [2.24, 2.45) is 23.7 Å². The minimum atomic E-state index is 0.468. The van der Waals surface area contributed by atoms with Crippen molar-refractivity contribution in [1.82, 2.24) is 0 Å². The summed E-state index contributed by atoms with van der Waals surface area (Å²) in [5.41, 5.74) is 0. The van der Waals surface area contributed by atoms with Crippen LogP contribution in [-0.4, -0.2) is 13.2 Å². The van der Waals surface area contributed by atoms with E-state index in [1.54, 1.807) is 0 Å². The van der Waals surface area contributed by atoms with Crippen molar-refractivity contribution >= 4 is 0 Å². The Hall–Kier alpha value is -0.480. The van der Waals surface area contributed by atoms with Gasteiger partial charge in [0.05, 0.1) is 6.61 Å². The fraction of sp³-hybridized carbons (Fsp3) is 0.857. The van der Waals surface area contributed by atoms with Crippen molar-refractivity contribution in [3.05, 3.63) is 0 Å². The molecule has 0 aliphatic heterocycles. The first-order valence-electron chi connectivity index (χ1n) is 6.16. The lowest BCUT2D eigenvalue weighted by atomic mass is 9.70. The number of rotatable bonds is 4. The molecule has 1 rings (SSSR count). The summed E-state index contributed by atoms with van der Waals surface area (Å²) in [7, 11) is 0. The van der Waals surface area contributed by atoms with E-state index in [0.717, 1.165) is 30.3 Å². The van der Waals surface area contributed by atoms with Gasteiger partial charge in [-0.25, -0.2) is 0 Å². The Morgan fingerprint density at radius 3 is 2.73 bits per heavy atom. The van der Waals surface area contributed by atoms with E-state index in [0.29, 0.717) is 6.61 Å². The van der Waals surface area contributed by atoms with Crippen LogP contribution in [0.5, 0.6) is 0 Å². The molecule has 0 N–H and O–H groups in total. The van der Waals surface area contributed by atoms with E-state index in [2.05, 4.69) is 26.7 Å². The zero-order chi connectivity index (χ0) is 11.3. The summed E-state index contributed by atoms with van der Waals surface area (Å²) in [4.78, 5) is 0. The zero-order valence-electron chi connectivity index (χ0n) is 10.3. The first-order valence-corrected chi connectivity index (χ1v) is 6.16. The SMILES string of the molecule is C#CCOC[C@@H]1C[C@H](C)CC[C@H]1C(C)C. The topological polar surface area (TPSA) is 9.23 Å². The molecule has 1 fully saturated rings. The first-order chi connectivity index (χ1) is 7.15. The fourth-order valence-electron chi connectivity index (χ4n) is 2.86. The van der Waals surface area contributed by atoms with Crippen LogP contribution in [0, 0.1) is 36.0 Å². The van der Waals surface area contributed by atoms with Crippen molar-refractivity contribution in [3.63, 3.8) is 0 Å². The van der Waals surface area contributed by atoms with Crippen LogP contribution in [0.25, 0.3) is 0 Å². The largest absolute Gasteiger partial charge is 0.368 e. The standard InChI is InChI=1S/C14H24O/c1-5-8-15-10-13-9-12(4)6-7-14(13)11(2)3/h1,11-14H,6-10H2,2-4H3/t12-,13+,14+/m1/s1. The highest BCUT2D eigenvalue weighted by Crippen LogP contribution is 2.37. The van der Waals surface area contributed by atoms with Gasteiger partial charge in [0.2, 0.25) is 0 Å². The molecule has 0 aromatic rings. The molecule has 0 amide bonds. The summed E-state index contributed by atoms with van der Waals surface area (Å²) in [5.74, 6) is 5.73. The van der Waals surface area contributed by atoms with Crippen molar-refractivity contribution < 1.29 is 4.74 Å². The molecule has 3 atom stereocenters. The van der Waals surface area contributed by atoms with Gasteiger partial charge >= 0.3 is 0 Å². The normalized spacial score (nSPS) is 31.5. The summed E-state index contributed by atoms with van der Waals surface area (Å²) >= 11 is 0. The molecule has 0 aromatic heterocycles. The molecule has 0 spiro atoms. The minimum Gasteiger partial charge on any atom is -0.368 e. The van der Waals surface area contributed by atoms with Crippen LogP contribution in [0.4, 0.5) is 0 Å². The average molecular weight is 208 g/mol. The molecule has 0 aromatic carbocycles. The number of terminal acetylenes is 1. The second-order valence-corrected chi connectivity index (χ2v) is 5.31. The third-order valence-electron chi connectivity index (χ3n) is 3.68. The van der Waals surface area contributed by atoms with Gasteiger partial charge in [-0.05, 0) is 36.5 Å². The van der Waals surface area contributed by atoms with Crippen LogP contribution in [0.1, 0.15) is 40.0 Å². The van der Waals surface area contributed by atoms with Gasteiger partial charge < -0.3 is 4.74 Å². The van der Waals surface area contributed by atoms with Crippen LogP contribution in [-0.2, 0) is 4.74 Å². The van der Waals surface area contributed by atoms with E-state index in [-0.39, 0.29) is 0 Å². The fourth-order valence-corrected chi connectivity index (χ4v) is 2.86. The summed E-state index contributed by atoms with van der Waals surface area (Å²) in [6, 6.07) is 0. The maximum Gasteiger partial charge on any atom is 0.107 e. The average Bonchev–Trinajstić information content (AvgIpc) is 2.18. The van der Waals surface area contributed by atoms with Crippen LogP contribution >= 0.6 is 0 Å². The van der Waals surface area contributed by atoms with E-state index in [9.17, 15) is 0 Å². The van der Waals surface area contributed by atoms with Crippen LogP contribution in [0.3, 0.4) is 0 Å². The van der Waals surface area contributed by atoms with E-state index >= 15 is 0 Å². The van der Waals surface area contributed by atoms with Gasteiger partial charge in [-0.3, -0.25) is 0 Å². The van der Waals surface area contributed by atoms with E-state index in [4.69, 9.17) is 11.2 Å². The second-order valence-electron chi connectivity index (χ2n) is 5.31. The monoisotopic (exact) mass is 208 g/mol. The molecular formula is C14H24O. The lowest BCUT2D eigenvalue weighted by Gasteiger charge is -2.37. The molecule has 1 nitrogen and oxygen atoms in total. The van der Waals surface area contributed by atoms with Crippen molar-refractivity contribution in [2.75, 3.05) is 13.2 Å². The molecule has 0 bridgehead atoms. The first kappa shape index (κ1) is 12.6. The molecule has 1 heteroatoms. The summed E-state index contributed by atoms with van der Waals surface area (Å²) in [6.07, 6.45) is 9.25. The highest BCUT2D eigenvalue weighted by Gasteiger charge is 2.30. The summed E-state index contributed by atoms with van der Waals surface area (Å²) in [5, 5.41) is 0. The van der Waals surface area contributed by atoms with Gasteiger partial charge in [-0.15, -0.1) is 6.42 Å². The molecule has 0 radical (unpaired) electrons. The van der Waals surface area contributed by atoms with Crippen molar-refractivity contribution in [1.29, 1.82) is 0 Å². The van der Waals surface area contributed by atoms with Crippen molar-refractivity contribution in [3.8, 4) is 12.3 Å². The summed E-state index contributed by atoms with van der Waals surface area (Å²) in [6.45, 7) is 8.33. The Morgan fingerprint density at radius 1 is 1.40 bits per heavy atom. The molecule has 86 valence electrons. The lowest BCUT2D eigenvalue weighted by molar-refractivity contribution is 0.0458. The van der Waals surface area contributed by atoms with Gasteiger partial charge in [0.1, 0.15) is 6.61 Å². The van der Waals surface area contributed by atoms with Crippen LogP contribution < -0.4 is 0 Å². The number of hydrogen-bond acceptors (Lipinski definition) is 1. The van der Waals surface area contributed by atoms with Gasteiger partial charge in [0.25, 0.3) is 0 Å². The number of ether oxygens (including phenoxy) is 1. The molecule has 1 aliphatic carbocycles. The van der Waals surface area contributed by atoms with Crippen LogP contribution in [0.15, 0.2) is 0 Å². The van der Waals surface area contributed by atoms with Gasteiger partial charge in [-0.1, -0.05) is 33.1 Å². The van der Waals surface area contributed by atoms with Gasteiger partial charge in [0.15, 0.2) is 0 Å². The Labute approximate surface area is 94.6 Å². The van der Waals surface area contributed by atoms with Gasteiger partial charge in [-0.2, -0.15) is 0 Å². The van der Waals surface area contributed by atoms with Gasteiger partial charge in [0, 0.05) is 0 Å². The molecular weight excluding hydrogens is 184 g/mol. The van der Waals surface area contributed by atoms with E-state index < -0.39 is 0 Å². The molecule has 1 saturated carbocycles. The Kier molecular flexibility index (Phi) is 5.19. The lowest BCUT2D eigenvalue weighted by Crippen LogP contribution is -2.30. The van der Waals surface area contributed by atoms with Crippen molar-refractivity contribution in [2.45, 2.75) is 40.0 Å². The Bertz CT molecular complexity index is 214. The highest BCUT2D eigenvalue weighted by atomic mass is 16.5. The molecule has 0 heterocycles. The summed E-state index contributed by atoms with van der Waals surface area (Å²) < 4.78 is 5.51. The predicted molar refractivity (Wildman–Crippen MR) is 64.5 cm³/mol. The second kappa shape index (κ2) is 6.18. The third kappa shape index (κ3) is 3.87. The van der Waals surface area contributed by atoms with E-state index in [1.807, 2.05) is 0 Å².